The van der Waals surface area contributed by atoms with Crippen LogP contribution in [-0.2, 0) is 9.53 Å². The molecule has 0 amide bonds. The van der Waals surface area contributed by atoms with Crippen molar-refractivity contribution in [1.29, 1.82) is 0 Å². The van der Waals surface area contributed by atoms with Crippen LogP contribution in [0, 0.1) is 0 Å². The van der Waals surface area contributed by atoms with Crippen LogP contribution in [0.25, 0.3) is 0 Å². The zero-order chi connectivity index (χ0) is 12.9. The molecule has 0 spiro atoms. The van der Waals surface area contributed by atoms with E-state index in [1.165, 1.54) is 0 Å². The van der Waals surface area contributed by atoms with Crippen molar-refractivity contribution < 1.29 is 14.3 Å². The van der Waals surface area contributed by atoms with Crippen LogP contribution in [0.2, 0.25) is 5.02 Å². The summed E-state index contributed by atoms with van der Waals surface area (Å²) in [6.07, 6.45) is 0. The van der Waals surface area contributed by atoms with Crippen LogP contribution >= 0.6 is 27.5 Å². The zero-order valence-corrected chi connectivity index (χ0v) is 12.0. The van der Waals surface area contributed by atoms with Gasteiger partial charge in [0.1, 0.15) is 12.4 Å². The van der Waals surface area contributed by atoms with Gasteiger partial charge in [-0.05, 0) is 38.1 Å². The minimum atomic E-state index is -1.02. The van der Waals surface area contributed by atoms with E-state index in [2.05, 4.69) is 15.9 Å². The number of hydrogen-bond acceptors (Lipinski definition) is 3. The van der Waals surface area contributed by atoms with Crippen molar-refractivity contribution in [3.8, 4) is 5.75 Å². The SMILES string of the molecule is CC(C)(Oc1ccc(Cl)cc1)C(=O)OCCBr. The predicted molar refractivity (Wildman–Crippen MR) is 70.9 cm³/mol. The Morgan fingerprint density at radius 3 is 2.47 bits per heavy atom. The molecule has 0 saturated carbocycles. The van der Waals surface area contributed by atoms with Crippen LogP contribution < -0.4 is 4.74 Å². The number of esters is 1. The quantitative estimate of drug-likeness (QED) is 0.615. The molecule has 0 saturated heterocycles. The Balaban J connectivity index is 2.65. The van der Waals surface area contributed by atoms with Gasteiger partial charge in [-0.15, -0.1) is 0 Å². The van der Waals surface area contributed by atoms with Crippen molar-refractivity contribution in [3.05, 3.63) is 29.3 Å². The monoisotopic (exact) mass is 320 g/mol. The van der Waals surface area contributed by atoms with Crippen molar-refractivity contribution in [3.63, 3.8) is 0 Å². The van der Waals surface area contributed by atoms with Gasteiger partial charge in [-0.2, -0.15) is 0 Å². The lowest BCUT2D eigenvalue weighted by Crippen LogP contribution is -2.40. The van der Waals surface area contributed by atoms with E-state index in [0.29, 0.717) is 22.7 Å². The fraction of sp³-hybridized carbons (Fsp3) is 0.417. The summed E-state index contributed by atoms with van der Waals surface area (Å²) in [6, 6.07) is 6.83. The Hall–Kier alpha value is -0.740. The van der Waals surface area contributed by atoms with Gasteiger partial charge in [0.25, 0.3) is 0 Å². The summed E-state index contributed by atoms with van der Waals surface area (Å²) in [4.78, 5) is 11.7. The molecule has 0 fully saturated rings. The lowest BCUT2D eigenvalue weighted by atomic mass is 10.1. The second kappa shape index (κ2) is 6.26. The van der Waals surface area contributed by atoms with Gasteiger partial charge < -0.3 is 9.47 Å². The average Bonchev–Trinajstić information content (AvgIpc) is 2.28. The first-order valence-electron chi connectivity index (χ1n) is 5.13. The van der Waals surface area contributed by atoms with Gasteiger partial charge in [0.05, 0.1) is 0 Å². The highest BCUT2D eigenvalue weighted by Crippen LogP contribution is 2.21. The number of hydrogen-bond donors (Lipinski definition) is 0. The molecule has 0 aliphatic carbocycles. The fourth-order valence-corrected chi connectivity index (χ4v) is 1.43. The molecule has 0 aromatic heterocycles. The number of halogens is 2. The van der Waals surface area contributed by atoms with Gasteiger partial charge in [-0.1, -0.05) is 27.5 Å². The molecule has 1 rings (SSSR count). The number of carbonyl (C=O) groups excluding carboxylic acids is 1. The largest absolute Gasteiger partial charge is 0.476 e. The zero-order valence-electron chi connectivity index (χ0n) is 9.70. The highest BCUT2D eigenvalue weighted by Gasteiger charge is 2.31. The number of rotatable bonds is 5. The minimum Gasteiger partial charge on any atom is -0.476 e. The first kappa shape index (κ1) is 14.3. The Labute approximate surface area is 114 Å². The second-order valence-corrected chi connectivity index (χ2v) is 5.12. The maximum Gasteiger partial charge on any atom is 0.349 e. The van der Waals surface area contributed by atoms with Gasteiger partial charge in [-0.3, -0.25) is 0 Å². The first-order chi connectivity index (χ1) is 7.95. The van der Waals surface area contributed by atoms with Crippen LogP contribution in [0.15, 0.2) is 24.3 Å². The molecule has 0 N–H and O–H groups in total. The van der Waals surface area contributed by atoms with E-state index in [1.807, 2.05) is 0 Å². The van der Waals surface area contributed by atoms with E-state index in [1.54, 1.807) is 38.1 Å². The number of carbonyl (C=O) groups is 1. The second-order valence-electron chi connectivity index (χ2n) is 3.89. The molecule has 0 aliphatic heterocycles. The lowest BCUT2D eigenvalue weighted by Gasteiger charge is -2.24. The number of alkyl halides is 1. The number of ether oxygens (including phenoxy) is 2. The van der Waals surface area contributed by atoms with E-state index in [4.69, 9.17) is 21.1 Å². The molecule has 0 aliphatic rings. The van der Waals surface area contributed by atoms with Gasteiger partial charge in [0, 0.05) is 10.4 Å². The smallest absolute Gasteiger partial charge is 0.349 e. The first-order valence-corrected chi connectivity index (χ1v) is 6.63. The molecule has 0 bridgehead atoms. The van der Waals surface area contributed by atoms with Crippen LogP contribution in [0.1, 0.15) is 13.8 Å². The summed E-state index contributed by atoms with van der Waals surface area (Å²) in [5.74, 6) is 0.182. The third-order valence-corrected chi connectivity index (χ3v) is 2.56. The molecule has 1 aromatic carbocycles. The Kier molecular flexibility index (Phi) is 5.28. The molecule has 5 heteroatoms. The Bertz CT molecular complexity index is 376. The van der Waals surface area contributed by atoms with Gasteiger partial charge in [0.15, 0.2) is 5.60 Å². The van der Waals surface area contributed by atoms with Crippen LogP contribution in [0.4, 0.5) is 0 Å². The summed E-state index contributed by atoms with van der Waals surface area (Å²) >= 11 is 8.95. The van der Waals surface area contributed by atoms with Crippen molar-refractivity contribution in [2.24, 2.45) is 0 Å². The maximum absolute atomic E-state index is 11.7. The van der Waals surface area contributed by atoms with Crippen LogP contribution in [0.3, 0.4) is 0 Å². The number of benzene rings is 1. The summed E-state index contributed by atoms with van der Waals surface area (Å²) in [7, 11) is 0. The third kappa shape index (κ3) is 4.56. The molecular formula is C12H14BrClO3. The van der Waals surface area contributed by atoms with Crippen molar-refractivity contribution in [1.82, 2.24) is 0 Å². The average molecular weight is 322 g/mol. The fourth-order valence-electron chi connectivity index (χ4n) is 1.14. The summed E-state index contributed by atoms with van der Waals surface area (Å²) < 4.78 is 10.6. The predicted octanol–water partition coefficient (Wildman–Crippen LogP) is 3.44. The Morgan fingerprint density at radius 1 is 1.35 bits per heavy atom. The summed E-state index contributed by atoms with van der Waals surface area (Å²) in [5, 5.41) is 1.23. The maximum atomic E-state index is 11.7. The van der Waals surface area contributed by atoms with Crippen LogP contribution in [-0.4, -0.2) is 23.5 Å². The topological polar surface area (TPSA) is 35.5 Å². The molecule has 0 atom stereocenters. The van der Waals surface area contributed by atoms with Gasteiger partial charge in [0.2, 0.25) is 0 Å². The molecule has 94 valence electrons. The van der Waals surface area contributed by atoms with Crippen LogP contribution in [0.5, 0.6) is 5.75 Å². The molecule has 0 unspecified atom stereocenters. The third-order valence-electron chi connectivity index (χ3n) is 1.99. The van der Waals surface area contributed by atoms with E-state index < -0.39 is 11.6 Å². The van der Waals surface area contributed by atoms with Crippen molar-refractivity contribution in [2.75, 3.05) is 11.9 Å². The normalized spacial score (nSPS) is 11.1. The molecule has 0 radical (unpaired) electrons. The van der Waals surface area contributed by atoms with Gasteiger partial charge >= 0.3 is 5.97 Å². The van der Waals surface area contributed by atoms with Gasteiger partial charge in [-0.25, -0.2) is 4.79 Å². The van der Waals surface area contributed by atoms with Crippen molar-refractivity contribution in [2.45, 2.75) is 19.4 Å². The van der Waals surface area contributed by atoms with E-state index >= 15 is 0 Å². The highest BCUT2D eigenvalue weighted by molar-refractivity contribution is 9.09. The van der Waals surface area contributed by atoms with E-state index in [-0.39, 0.29) is 0 Å². The van der Waals surface area contributed by atoms with E-state index in [0.717, 1.165) is 0 Å². The molecular weight excluding hydrogens is 307 g/mol. The van der Waals surface area contributed by atoms with Crippen molar-refractivity contribution >= 4 is 33.5 Å². The molecule has 0 heterocycles. The Morgan fingerprint density at radius 2 is 1.94 bits per heavy atom. The highest BCUT2D eigenvalue weighted by atomic mass is 79.9. The molecule has 3 nitrogen and oxygen atoms in total. The lowest BCUT2D eigenvalue weighted by molar-refractivity contribution is -0.158. The molecule has 17 heavy (non-hydrogen) atoms. The standard InChI is InChI=1S/C12H14BrClO3/c1-12(2,11(15)16-8-7-13)17-10-5-3-9(14)4-6-10/h3-6H,7-8H2,1-2H3. The summed E-state index contributed by atoms with van der Waals surface area (Å²) in [6.45, 7) is 3.66. The molecule has 1 aromatic rings. The van der Waals surface area contributed by atoms with E-state index in [9.17, 15) is 4.79 Å². The summed E-state index contributed by atoms with van der Waals surface area (Å²) in [5.41, 5.74) is -1.02. The minimum absolute atomic E-state index is 0.326.